The molecular weight excluding hydrogens is 388 g/mol. The molecule has 2 aromatic heterocycles. The largest absolute Gasteiger partial charge is 0.353 e. The van der Waals surface area contributed by atoms with Gasteiger partial charge in [-0.25, -0.2) is 4.98 Å². The van der Waals surface area contributed by atoms with Crippen molar-refractivity contribution in [2.24, 2.45) is 0 Å². The number of hydrogen-bond acceptors (Lipinski definition) is 5. The van der Waals surface area contributed by atoms with Crippen LogP contribution in [-0.2, 0) is 4.79 Å². The van der Waals surface area contributed by atoms with Gasteiger partial charge in [-0.1, -0.05) is 30.0 Å². The number of benzene rings is 1. The van der Waals surface area contributed by atoms with Crippen LogP contribution >= 0.6 is 23.1 Å². The topological polar surface area (TPSA) is 50.2 Å². The number of rotatable bonds is 8. The molecule has 3 rings (SSSR count). The van der Waals surface area contributed by atoms with Gasteiger partial charge in [0.15, 0.2) is 5.16 Å². The summed E-state index contributed by atoms with van der Waals surface area (Å²) in [6, 6.07) is 10.7. The van der Waals surface area contributed by atoms with Crippen LogP contribution in [0.3, 0.4) is 0 Å². The van der Waals surface area contributed by atoms with Crippen LogP contribution in [0.2, 0.25) is 0 Å². The maximum absolute atomic E-state index is 12.4. The molecule has 2 heterocycles. The van der Waals surface area contributed by atoms with E-state index in [1.165, 1.54) is 27.8 Å². The molecule has 0 aliphatic carbocycles. The van der Waals surface area contributed by atoms with E-state index in [1.54, 1.807) is 17.5 Å². The number of imidazole rings is 1. The van der Waals surface area contributed by atoms with Crippen LogP contribution in [0, 0.1) is 13.8 Å². The molecular formula is C21H26N4OS2. The molecule has 0 saturated carbocycles. The summed E-state index contributed by atoms with van der Waals surface area (Å²) in [5.74, 6) is 0.357. The fraction of sp³-hybridized carbons (Fsp3) is 0.333. The molecule has 1 amide bonds. The molecule has 0 fully saturated rings. The summed E-state index contributed by atoms with van der Waals surface area (Å²) in [6.45, 7) is 4.76. The van der Waals surface area contributed by atoms with Crippen molar-refractivity contribution >= 4 is 29.0 Å². The van der Waals surface area contributed by atoms with Crippen LogP contribution in [0.5, 0.6) is 0 Å². The molecule has 1 N–H and O–H groups in total. The highest BCUT2D eigenvalue weighted by atomic mass is 32.2. The number of nitrogens with zero attached hydrogens (tertiary/aromatic N) is 3. The number of aryl methyl sites for hydroxylation is 2. The van der Waals surface area contributed by atoms with Crippen molar-refractivity contribution in [3.05, 3.63) is 64.1 Å². The summed E-state index contributed by atoms with van der Waals surface area (Å²) in [5, 5.41) is 5.95. The Morgan fingerprint density at radius 1 is 1.32 bits per heavy atom. The number of hydrogen-bond donors (Lipinski definition) is 1. The molecule has 0 aliphatic rings. The van der Waals surface area contributed by atoms with Crippen molar-refractivity contribution in [2.45, 2.75) is 25.0 Å². The van der Waals surface area contributed by atoms with Crippen LogP contribution in [0.1, 0.15) is 22.0 Å². The van der Waals surface area contributed by atoms with E-state index in [-0.39, 0.29) is 11.9 Å². The number of nitrogens with one attached hydrogen (secondary N) is 1. The van der Waals surface area contributed by atoms with E-state index < -0.39 is 0 Å². The van der Waals surface area contributed by atoms with Crippen molar-refractivity contribution in [1.82, 2.24) is 19.8 Å². The van der Waals surface area contributed by atoms with Gasteiger partial charge in [-0.2, -0.15) is 0 Å². The second kappa shape index (κ2) is 9.41. The molecule has 1 atom stereocenters. The van der Waals surface area contributed by atoms with Crippen molar-refractivity contribution in [1.29, 1.82) is 0 Å². The summed E-state index contributed by atoms with van der Waals surface area (Å²) in [6.07, 6.45) is 3.72. The molecule has 1 unspecified atom stereocenters. The zero-order valence-electron chi connectivity index (χ0n) is 16.7. The molecule has 7 heteroatoms. The Morgan fingerprint density at radius 2 is 2.14 bits per heavy atom. The number of thioether (sulfide) groups is 1. The SMILES string of the molecule is Cc1ccc(C)c(-n2ccnc2SCC(=O)NCC(c2cccs2)N(C)C)c1. The van der Waals surface area contributed by atoms with Crippen LogP contribution in [0.4, 0.5) is 0 Å². The third kappa shape index (κ3) is 5.04. The number of thiophene rings is 1. The quantitative estimate of drug-likeness (QED) is 0.565. The molecule has 0 bridgehead atoms. The van der Waals surface area contributed by atoms with Gasteiger partial charge in [0, 0.05) is 23.8 Å². The first-order valence-electron chi connectivity index (χ1n) is 9.16. The number of carbonyl (C=O) groups is 1. The van der Waals surface area contributed by atoms with E-state index >= 15 is 0 Å². The highest BCUT2D eigenvalue weighted by Crippen LogP contribution is 2.24. The maximum atomic E-state index is 12.4. The van der Waals surface area contributed by atoms with Gasteiger partial charge in [-0.15, -0.1) is 11.3 Å². The van der Waals surface area contributed by atoms with E-state index in [9.17, 15) is 4.79 Å². The molecule has 0 radical (unpaired) electrons. The lowest BCUT2D eigenvalue weighted by atomic mass is 10.1. The average molecular weight is 415 g/mol. The zero-order chi connectivity index (χ0) is 20.1. The van der Waals surface area contributed by atoms with Crippen LogP contribution in [0.25, 0.3) is 5.69 Å². The Balaban J connectivity index is 1.60. The number of aromatic nitrogens is 2. The third-order valence-electron chi connectivity index (χ3n) is 4.55. The molecule has 5 nitrogen and oxygen atoms in total. The van der Waals surface area contributed by atoms with Crippen molar-refractivity contribution in [2.75, 3.05) is 26.4 Å². The van der Waals surface area contributed by atoms with Crippen molar-refractivity contribution < 1.29 is 4.79 Å². The van der Waals surface area contributed by atoms with Crippen molar-refractivity contribution in [3.8, 4) is 5.69 Å². The fourth-order valence-corrected chi connectivity index (χ4v) is 4.69. The van der Waals surface area contributed by atoms with Gasteiger partial charge >= 0.3 is 0 Å². The van der Waals surface area contributed by atoms with Crippen LogP contribution in [-0.4, -0.2) is 46.8 Å². The highest BCUT2D eigenvalue weighted by molar-refractivity contribution is 7.99. The third-order valence-corrected chi connectivity index (χ3v) is 6.49. The maximum Gasteiger partial charge on any atom is 0.230 e. The van der Waals surface area contributed by atoms with E-state index in [0.717, 1.165) is 10.8 Å². The van der Waals surface area contributed by atoms with Crippen molar-refractivity contribution in [3.63, 3.8) is 0 Å². The summed E-state index contributed by atoms with van der Waals surface area (Å²) in [4.78, 5) is 20.2. The van der Waals surface area contributed by atoms with E-state index in [2.05, 4.69) is 63.3 Å². The molecule has 1 aromatic carbocycles. The number of likely N-dealkylation sites (N-methyl/N-ethyl adjacent to an activating group) is 1. The van der Waals surface area contributed by atoms with Crippen LogP contribution < -0.4 is 5.32 Å². The van der Waals surface area contributed by atoms with Gasteiger partial charge in [-0.3, -0.25) is 9.36 Å². The lowest BCUT2D eigenvalue weighted by Crippen LogP contribution is -2.35. The number of carbonyl (C=O) groups excluding carboxylic acids is 1. The summed E-state index contributed by atoms with van der Waals surface area (Å²) in [5.41, 5.74) is 3.48. The fourth-order valence-electron chi connectivity index (χ4n) is 2.97. The molecule has 0 saturated heterocycles. The van der Waals surface area contributed by atoms with E-state index in [1.807, 2.05) is 26.4 Å². The van der Waals surface area contributed by atoms with Gasteiger partial charge in [0.1, 0.15) is 0 Å². The Kier molecular flexibility index (Phi) is 6.93. The minimum Gasteiger partial charge on any atom is -0.353 e. The Bertz CT molecular complexity index is 918. The lowest BCUT2D eigenvalue weighted by molar-refractivity contribution is -0.118. The van der Waals surface area contributed by atoms with Gasteiger partial charge < -0.3 is 10.2 Å². The standard InChI is InChI=1S/C21H26N4OS2/c1-15-7-8-16(2)17(12-15)25-10-9-22-21(25)28-14-20(26)23-13-18(24(3)4)19-6-5-11-27-19/h5-12,18H,13-14H2,1-4H3,(H,23,26). The number of amides is 1. The summed E-state index contributed by atoms with van der Waals surface area (Å²) >= 11 is 3.17. The predicted octanol–water partition coefficient (Wildman–Crippen LogP) is 4.06. The predicted molar refractivity (Wildman–Crippen MR) is 118 cm³/mol. The first-order chi connectivity index (χ1) is 13.5. The smallest absolute Gasteiger partial charge is 0.230 e. The molecule has 148 valence electrons. The Hall–Kier alpha value is -2.09. The van der Waals surface area contributed by atoms with Crippen LogP contribution in [0.15, 0.2) is 53.3 Å². The Labute approximate surface area is 174 Å². The average Bonchev–Trinajstić information content (AvgIpc) is 3.34. The van der Waals surface area contributed by atoms with Gasteiger partial charge in [-0.05, 0) is 56.6 Å². The van der Waals surface area contributed by atoms with Gasteiger partial charge in [0.2, 0.25) is 5.91 Å². The molecule has 0 aliphatic heterocycles. The monoisotopic (exact) mass is 414 g/mol. The summed E-state index contributed by atoms with van der Waals surface area (Å²) in [7, 11) is 4.07. The minimum absolute atomic E-state index is 0.0175. The first kappa shape index (κ1) is 20.6. The highest BCUT2D eigenvalue weighted by Gasteiger charge is 2.17. The first-order valence-corrected chi connectivity index (χ1v) is 11.0. The summed E-state index contributed by atoms with van der Waals surface area (Å²) < 4.78 is 2.05. The lowest BCUT2D eigenvalue weighted by Gasteiger charge is -2.23. The van der Waals surface area contributed by atoms with E-state index in [0.29, 0.717) is 12.3 Å². The van der Waals surface area contributed by atoms with Gasteiger partial charge in [0.05, 0.1) is 17.5 Å². The minimum atomic E-state index is 0.0175. The van der Waals surface area contributed by atoms with Gasteiger partial charge in [0.25, 0.3) is 0 Å². The molecule has 0 spiro atoms. The molecule has 3 aromatic rings. The second-order valence-corrected chi connectivity index (χ2v) is 8.88. The second-order valence-electron chi connectivity index (χ2n) is 6.96. The zero-order valence-corrected chi connectivity index (χ0v) is 18.3. The molecule has 28 heavy (non-hydrogen) atoms. The Morgan fingerprint density at radius 3 is 2.86 bits per heavy atom. The van der Waals surface area contributed by atoms with E-state index in [4.69, 9.17) is 0 Å². The normalized spacial score (nSPS) is 12.3.